The van der Waals surface area contributed by atoms with Crippen molar-refractivity contribution < 1.29 is 19.0 Å². The first-order valence-corrected chi connectivity index (χ1v) is 10.5. The number of nitrogens with one attached hydrogen (secondary N) is 1. The van der Waals surface area contributed by atoms with Crippen LogP contribution >= 0.6 is 0 Å². The minimum atomic E-state index is -0.589. The van der Waals surface area contributed by atoms with Crippen LogP contribution in [0.3, 0.4) is 0 Å². The van der Waals surface area contributed by atoms with Crippen molar-refractivity contribution >= 4 is 6.03 Å². The lowest BCUT2D eigenvalue weighted by Gasteiger charge is -2.17. The quantitative estimate of drug-likeness (QED) is 0.520. The van der Waals surface area contributed by atoms with Gasteiger partial charge in [-0.2, -0.15) is 0 Å². The van der Waals surface area contributed by atoms with Crippen LogP contribution < -0.4 is 30.8 Å². The summed E-state index contributed by atoms with van der Waals surface area (Å²) in [4.78, 5) is 24.2. The van der Waals surface area contributed by atoms with Gasteiger partial charge in [-0.05, 0) is 43.2 Å². The van der Waals surface area contributed by atoms with E-state index in [2.05, 4.69) is 5.32 Å². The smallest absolute Gasteiger partial charge is 0.312 e. The molecular formula is C25H29N3O5. The van der Waals surface area contributed by atoms with E-state index in [1.165, 1.54) is 0 Å². The van der Waals surface area contributed by atoms with Crippen LogP contribution in [0, 0.1) is 13.8 Å². The molecule has 174 valence electrons. The fraction of sp³-hybridized carbons (Fsp3) is 0.280. The summed E-state index contributed by atoms with van der Waals surface area (Å²) in [7, 11) is 3.19. The van der Waals surface area contributed by atoms with E-state index < -0.39 is 6.03 Å². The van der Waals surface area contributed by atoms with E-state index in [0.29, 0.717) is 35.9 Å². The van der Waals surface area contributed by atoms with Gasteiger partial charge in [0, 0.05) is 23.9 Å². The Labute approximate surface area is 192 Å². The van der Waals surface area contributed by atoms with Gasteiger partial charge < -0.3 is 29.8 Å². The Morgan fingerprint density at radius 3 is 2.36 bits per heavy atom. The molecule has 0 saturated heterocycles. The van der Waals surface area contributed by atoms with E-state index in [1.54, 1.807) is 31.8 Å². The topological polar surface area (TPSA) is 105 Å². The molecule has 0 spiro atoms. The summed E-state index contributed by atoms with van der Waals surface area (Å²) in [6.45, 7) is 4.54. The number of benzene rings is 2. The van der Waals surface area contributed by atoms with Gasteiger partial charge in [-0.15, -0.1) is 0 Å². The molecule has 0 aliphatic carbocycles. The molecule has 0 radical (unpaired) electrons. The Morgan fingerprint density at radius 1 is 0.970 bits per heavy atom. The third-order valence-electron chi connectivity index (χ3n) is 5.48. The molecule has 2 amide bonds. The fourth-order valence-corrected chi connectivity index (χ4v) is 3.55. The number of hydrogen-bond donors (Lipinski definition) is 2. The Balaban J connectivity index is 1.83. The fourth-order valence-electron chi connectivity index (χ4n) is 3.55. The van der Waals surface area contributed by atoms with Crippen LogP contribution in [-0.4, -0.2) is 24.8 Å². The van der Waals surface area contributed by atoms with Gasteiger partial charge in [-0.1, -0.05) is 24.3 Å². The monoisotopic (exact) mass is 451 g/mol. The molecule has 0 aliphatic heterocycles. The molecule has 0 aliphatic rings. The highest BCUT2D eigenvalue weighted by atomic mass is 16.5. The summed E-state index contributed by atoms with van der Waals surface area (Å²) in [5, 5.41) is 2.59. The first kappa shape index (κ1) is 23.7. The first-order valence-electron chi connectivity index (χ1n) is 10.5. The number of amides is 2. The van der Waals surface area contributed by atoms with Crippen LogP contribution in [0.2, 0.25) is 0 Å². The van der Waals surface area contributed by atoms with Crippen molar-refractivity contribution in [2.45, 2.75) is 33.5 Å². The highest BCUT2D eigenvalue weighted by Crippen LogP contribution is 2.26. The third kappa shape index (κ3) is 5.65. The first-order chi connectivity index (χ1) is 15.8. The standard InChI is InChI=1S/C25H29N3O5/c1-16-11-22(33-15-20-8-6-5-7-18(20)13-27-25(26)30)17(2)24(29)28(16)14-19-9-10-21(31-3)12-23(19)32-4/h5-12H,13-15H2,1-4H3,(H3,26,27,30). The van der Waals surface area contributed by atoms with E-state index in [-0.39, 0.29) is 12.2 Å². The van der Waals surface area contributed by atoms with Crippen molar-refractivity contribution in [2.24, 2.45) is 5.73 Å². The number of urea groups is 1. The molecule has 3 N–H and O–H groups in total. The molecule has 0 atom stereocenters. The van der Waals surface area contributed by atoms with E-state index in [1.807, 2.05) is 49.4 Å². The average molecular weight is 452 g/mol. The number of hydrogen-bond acceptors (Lipinski definition) is 5. The third-order valence-corrected chi connectivity index (χ3v) is 5.48. The second kappa shape index (κ2) is 10.6. The lowest BCUT2D eigenvalue weighted by atomic mass is 10.1. The Kier molecular flexibility index (Phi) is 7.61. The highest BCUT2D eigenvalue weighted by molar-refractivity contribution is 5.71. The summed E-state index contributed by atoms with van der Waals surface area (Å²) in [5.74, 6) is 1.86. The van der Waals surface area contributed by atoms with Crippen molar-refractivity contribution in [1.29, 1.82) is 0 Å². The van der Waals surface area contributed by atoms with Crippen LogP contribution in [0.5, 0.6) is 17.2 Å². The number of aryl methyl sites for hydroxylation is 1. The minimum Gasteiger partial charge on any atom is -0.497 e. The largest absolute Gasteiger partial charge is 0.497 e. The normalized spacial score (nSPS) is 10.5. The number of carbonyl (C=O) groups excluding carboxylic acids is 1. The molecule has 3 rings (SSSR count). The number of aromatic nitrogens is 1. The maximum Gasteiger partial charge on any atom is 0.312 e. The zero-order chi connectivity index (χ0) is 24.0. The predicted molar refractivity (Wildman–Crippen MR) is 126 cm³/mol. The van der Waals surface area contributed by atoms with Crippen molar-refractivity contribution in [3.05, 3.63) is 86.8 Å². The van der Waals surface area contributed by atoms with Crippen molar-refractivity contribution in [3.8, 4) is 17.2 Å². The second-order valence-electron chi connectivity index (χ2n) is 7.62. The summed E-state index contributed by atoms with van der Waals surface area (Å²) in [5.41, 5.74) is 8.99. The number of methoxy groups -OCH3 is 2. The lowest BCUT2D eigenvalue weighted by molar-refractivity contribution is 0.248. The molecule has 2 aromatic carbocycles. The molecule has 0 bridgehead atoms. The number of pyridine rings is 1. The molecule has 8 nitrogen and oxygen atoms in total. The van der Waals surface area contributed by atoms with Crippen LogP contribution in [0.4, 0.5) is 4.79 Å². The second-order valence-corrected chi connectivity index (χ2v) is 7.62. The van der Waals surface area contributed by atoms with Crippen molar-refractivity contribution in [1.82, 2.24) is 9.88 Å². The Morgan fingerprint density at radius 2 is 1.70 bits per heavy atom. The molecule has 1 aromatic heterocycles. The summed E-state index contributed by atoms with van der Waals surface area (Å²) < 4.78 is 18.4. The maximum absolute atomic E-state index is 13.1. The van der Waals surface area contributed by atoms with Gasteiger partial charge in [-0.3, -0.25) is 4.79 Å². The maximum atomic E-state index is 13.1. The van der Waals surface area contributed by atoms with Gasteiger partial charge in [0.2, 0.25) is 0 Å². The van der Waals surface area contributed by atoms with Crippen LogP contribution in [0.25, 0.3) is 0 Å². The van der Waals surface area contributed by atoms with E-state index in [4.69, 9.17) is 19.9 Å². The van der Waals surface area contributed by atoms with Gasteiger partial charge >= 0.3 is 6.03 Å². The molecule has 0 fully saturated rings. The van der Waals surface area contributed by atoms with E-state index >= 15 is 0 Å². The van der Waals surface area contributed by atoms with Crippen LogP contribution in [0.15, 0.2) is 53.3 Å². The number of primary amides is 1. The van der Waals surface area contributed by atoms with Crippen molar-refractivity contribution in [3.63, 3.8) is 0 Å². The molecule has 8 heteroatoms. The lowest BCUT2D eigenvalue weighted by Crippen LogP contribution is -2.29. The zero-order valence-electron chi connectivity index (χ0n) is 19.3. The molecule has 0 saturated carbocycles. The highest BCUT2D eigenvalue weighted by Gasteiger charge is 2.14. The van der Waals surface area contributed by atoms with E-state index in [0.717, 1.165) is 22.4 Å². The van der Waals surface area contributed by atoms with Crippen LogP contribution in [0.1, 0.15) is 27.9 Å². The van der Waals surface area contributed by atoms with Crippen LogP contribution in [-0.2, 0) is 19.7 Å². The molecule has 0 unspecified atom stereocenters. The number of carbonyl (C=O) groups is 1. The van der Waals surface area contributed by atoms with Gasteiger partial charge in [0.25, 0.3) is 5.56 Å². The zero-order valence-corrected chi connectivity index (χ0v) is 19.3. The molecule has 3 aromatic rings. The summed E-state index contributed by atoms with van der Waals surface area (Å²) in [6.07, 6.45) is 0. The van der Waals surface area contributed by atoms with Gasteiger partial charge in [-0.25, -0.2) is 4.79 Å². The van der Waals surface area contributed by atoms with Crippen molar-refractivity contribution in [2.75, 3.05) is 14.2 Å². The summed E-state index contributed by atoms with van der Waals surface area (Å²) >= 11 is 0. The number of ether oxygens (including phenoxy) is 3. The Bertz CT molecular complexity index is 1200. The summed E-state index contributed by atoms with van der Waals surface area (Å²) in [6, 6.07) is 14.4. The number of nitrogens with zero attached hydrogens (tertiary/aromatic N) is 1. The van der Waals surface area contributed by atoms with Gasteiger partial charge in [0.1, 0.15) is 23.9 Å². The molecular weight excluding hydrogens is 422 g/mol. The number of rotatable bonds is 9. The van der Waals surface area contributed by atoms with Gasteiger partial charge in [0.15, 0.2) is 0 Å². The SMILES string of the molecule is COc1ccc(Cn2c(C)cc(OCc3ccccc3CNC(N)=O)c(C)c2=O)c(OC)c1. The molecule has 33 heavy (non-hydrogen) atoms. The van der Waals surface area contributed by atoms with Gasteiger partial charge in [0.05, 0.1) is 26.3 Å². The molecule has 1 heterocycles. The minimum absolute atomic E-state index is 0.133. The number of nitrogens with two attached hydrogens (primary N) is 1. The predicted octanol–water partition coefficient (Wildman–Crippen LogP) is 3.28. The van der Waals surface area contributed by atoms with E-state index in [9.17, 15) is 9.59 Å². The average Bonchev–Trinajstić information content (AvgIpc) is 2.82. The Hall–Kier alpha value is -3.94.